The number of aryl methyl sites for hydroxylation is 1. The minimum Gasteiger partial charge on any atom is -0.324 e. The molecule has 7 nitrogen and oxygen atoms in total. The number of nitrogens with two attached hydrogens (primary N) is 1. The van der Waals surface area contributed by atoms with E-state index < -0.39 is 25.6 Å². The van der Waals surface area contributed by atoms with Gasteiger partial charge in [-0.1, -0.05) is 12.5 Å². The van der Waals surface area contributed by atoms with Crippen molar-refractivity contribution in [2.75, 3.05) is 19.6 Å². The first-order chi connectivity index (χ1) is 11.4. The smallest absolute Gasteiger partial charge is 0.243 e. The van der Waals surface area contributed by atoms with E-state index in [2.05, 4.69) is 4.72 Å². The average molecular weight is 426 g/mol. The number of halogens is 1. The van der Waals surface area contributed by atoms with Crippen molar-refractivity contribution >= 4 is 32.5 Å². The molecular formula is C16H28ClN3O4S2. The number of nitrogens with zero attached hydrogens (tertiary/aromatic N) is 1. The molecular weight excluding hydrogens is 398 g/mol. The lowest BCUT2D eigenvalue weighted by atomic mass is 10.1. The van der Waals surface area contributed by atoms with Crippen LogP contribution in [-0.2, 0) is 20.0 Å². The minimum atomic E-state index is -3.84. The Morgan fingerprint density at radius 1 is 1.12 bits per heavy atom. The Kier molecular flexibility index (Phi) is 7.66. The van der Waals surface area contributed by atoms with E-state index in [1.807, 2.05) is 0 Å². The van der Waals surface area contributed by atoms with Gasteiger partial charge in [-0.25, -0.2) is 21.6 Å². The standard InChI is InChI=1S/C16H27N3O4S2.ClH/c1-13-7-8-14(24(20,21)18-12-16(2,3)17)11-15(13)25(22,23)19-9-5-4-6-10-19;/h7-8,11,18H,4-6,9-10,12,17H2,1-3H3;1H. The molecule has 1 aromatic carbocycles. The summed E-state index contributed by atoms with van der Waals surface area (Å²) < 4.78 is 54.6. The van der Waals surface area contributed by atoms with Crippen LogP contribution in [0.25, 0.3) is 0 Å². The molecule has 1 fully saturated rings. The molecule has 0 atom stereocenters. The lowest BCUT2D eigenvalue weighted by molar-refractivity contribution is 0.346. The van der Waals surface area contributed by atoms with Gasteiger partial charge in [0.25, 0.3) is 0 Å². The van der Waals surface area contributed by atoms with Crippen LogP contribution in [0.4, 0.5) is 0 Å². The fraction of sp³-hybridized carbons (Fsp3) is 0.625. The predicted molar refractivity (Wildman–Crippen MR) is 104 cm³/mol. The molecule has 0 saturated carbocycles. The highest BCUT2D eigenvalue weighted by atomic mass is 35.5. The Morgan fingerprint density at radius 2 is 1.69 bits per heavy atom. The third-order valence-electron chi connectivity index (χ3n) is 4.12. The second-order valence-corrected chi connectivity index (χ2v) is 10.9. The summed E-state index contributed by atoms with van der Waals surface area (Å²) in [5.74, 6) is 0. The summed E-state index contributed by atoms with van der Waals surface area (Å²) in [6, 6.07) is 4.18. The van der Waals surface area contributed by atoms with E-state index in [-0.39, 0.29) is 28.7 Å². The molecule has 0 aliphatic carbocycles. The Morgan fingerprint density at radius 3 is 2.23 bits per heavy atom. The van der Waals surface area contributed by atoms with Crippen molar-refractivity contribution < 1.29 is 16.8 Å². The molecule has 1 heterocycles. The van der Waals surface area contributed by atoms with Gasteiger partial charge in [-0.2, -0.15) is 4.31 Å². The van der Waals surface area contributed by atoms with Crippen LogP contribution in [0.15, 0.2) is 28.0 Å². The van der Waals surface area contributed by atoms with Gasteiger partial charge in [0.15, 0.2) is 0 Å². The quantitative estimate of drug-likeness (QED) is 0.719. The van der Waals surface area contributed by atoms with Crippen molar-refractivity contribution in [3.05, 3.63) is 23.8 Å². The topological polar surface area (TPSA) is 110 Å². The Balaban J connectivity index is 0.00000338. The average Bonchev–Trinajstić information content (AvgIpc) is 2.53. The maximum Gasteiger partial charge on any atom is 0.243 e. The van der Waals surface area contributed by atoms with Gasteiger partial charge in [0.1, 0.15) is 0 Å². The SMILES string of the molecule is Cc1ccc(S(=O)(=O)NCC(C)(C)N)cc1S(=O)(=O)N1CCCCC1.Cl. The zero-order chi connectivity index (χ0) is 18.9. The van der Waals surface area contributed by atoms with E-state index in [0.29, 0.717) is 18.7 Å². The molecule has 2 rings (SSSR count). The van der Waals surface area contributed by atoms with E-state index in [1.54, 1.807) is 20.8 Å². The molecule has 1 saturated heterocycles. The monoisotopic (exact) mass is 425 g/mol. The lowest BCUT2D eigenvalue weighted by Crippen LogP contribution is -2.45. The van der Waals surface area contributed by atoms with Crippen molar-refractivity contribution in [2.24, 2.45) is 5.73 Å². The molecule has 150 valence electrons. The van der Waals surface area contributed by atoms with Crippen molar-refractivity contribution in [3.8, 4) is 0 Å². The van der Waals surface area contributed by atoms with Crippen LogP contribution in [0.3, 0.4) is 0 Å². The molecule has 1 aliphatic rings. The third kappa shape index (κ3) is 5.64. The zero-order valence-corrected chi connectivity index (χ0v) is 17.8. The fourth-order valence-corrected chi connectivity index (χ4v) is 5.73. The third-order valence-corrected chi connectivity index (χ3v) is 7.56. The van der Waals surface area contributed by atoms with E-state index in [4.69, 9.17) is 5.73 Å². The van der Waals surface area contributed by atoms with Gasteiger partial charge in [-0.3, -0.25) is 0 Å². The van der Waals surface area contributed by atoms with E-state index >= 15 is 0 Å². The molecule has 26 heavy (non-hydrogen) atoms. The molecule has 0 aromatic heterocycles. The molecule has 0 spiro atoms. The van der Waals surface area contributed by atoms with Crippen LogP contribution in [0.2, 0.25) is 0 Å². The molecule has 0 bridgehead atoms. The van der Waals surface area contributed by atoms with E-state index in [9.17, 15) is 16.8 Å². The molecule has 1 aliphatic heterocycles. The number of hydrogen-bond donors (Lipinski definition) is 2. The van der Waals surface area contributed by atoms with Crippen LogP contribution in [0, 0.1) is 6.92 Å². The van der Waals surface area contributed by atoms with Gasteiger partial charge < -0.3 is 5.73 Å². The maximum absolute atomic E-state index is 12.9. The summed E-state index contributed by atoms with van der Waals surface area (Å²) in [4.78, 5) is -0.0257. The highest BCUT2D eigenvalue weighted by Crippen LogP contribution is 2.25. The van der Waals surface area contributed by atoms with Gasteiger partial charge >= 0.3 is 0 Å². The van der Waals surface area contributed by atoms with Crippen molar-refractivity contribution in [1.82, 2.24) is 9.03 Å². The van der Waals surface area contributed by atoms with Crippen LogP contribution < -0.4 is 10.5 Å². The molecule has 10 heteroatoms. The summed E-state index contributed by atoms with van der Waals surface area (Å²) in [7, 11) is -7.54. The highest BCUT2D eigenvalue weighted by Gasteiger charge is 2.29. The lowest BCUT2D eigenvalue weighted by Gasteiger charge is -2.26. The zero-order valence-electron chi connectivity index (χ0n) is 15.4. The van der Waals surface area contributed by atoms with Gasteiger partial charge in [-0.05, 0) is 51.3 Å². The van der Waals surface area contributed by atoms with Crippen molar-refractivity contribution in [2.45, 2.75) is 55.4 Å². The second-order valence-electron chi connectivity index (χ2n) is 7.21. The highest BCUT2D eigenvalue weighted by molar-refractivity contribution is 7.90. The number of rotatable bonds is 6. The second kappa shape index (κ2) is 8.53. The summed E-state index contributed by atoms with van der Waals surface area (Å²) >= 11 is 0. The van der Waals surface area contributed by atoms with Crippen LogP contribution in [0.5, 0.6) is 0 Å². The predicted octanol–water partition coefficient (Wildman–Crippen LogP) is 1.61. The number of piperidine rings is 1. The van der Waals surface area contributed by atoms with Gasteiger partial charge in [0.2, 0.25) is 20.0 Å². The Hall–Kier alpha value is -0.710. The normalized spacial score (nSPS) is 16.9. The largest absolute Gasteiger partial charge is 0.324 e. The van der Waals surface area contributed by atoms with Crippen molar-refractivity contribution in [1.29, 1.82) is 0 Å². The number of sulfonamides is 2. The first-order valence-corrected chi connectivity index (χ1v) is 11.3. The van der Waals surface area contributed by atoms with Gasteiger partial charge in [0.05, 0.1) is 9.79 Å². The molecule has 0 unspecified atom stereocenters. The molecule has 1 aromatic rings. The van der Waals surface area contributed by atoms with Crippen LogP contribution in [-0.4, -0.2) is 46.3 Å². The van der Waals surface area contributed by atoms with E-state index in [1.165, 1.54) is 22.5 Å². The first kappa shape index (κ1) is 23.3. The van der Waals surface area contributed by atoms with Gasteiger partial charge in [0, 0.05) is 25.2 Å². The number of nitrogens with one attached hydrogen (secondary N) is 1. The summed E-state index contributed by atoms with van der Waals surface area (Å²) in [6.45, 7) is 6.08. The maximum atomic E-state index is 12.9. The fourth-order valence-electron chi connectivity index (χ4n) is 2.63. The van der Waals surface area contributed by atoms with E-state index in [0.717, 1.165) is 19.3 Å². The number of hydrogen-bond acceptors (Lipinski definition) is 5. The minimum absolute atomic E-state index is 0. The van der Waals surface area contributed by atoms with Crippen LogP contribution >= 0.6 is 12.4 Å². The van der Waals surface area contributed by atoms with Gasteiger partial charge in [-0.15, -0.1) is 12.4 Å². The summed E-state index contributed by atoms with van der Waals surface area (Å²) in [5, 5.41) is 0. The Bertz CT molecular complexity index is 828. The van der Waals surface area contributed by atoms with Crippen molar-refractivity contribution in [3.63, 3.8) is 0 Å². The molecule has 0 radical (unpaired) electrons. The molecule has 0 amide bonds. The summed E-state index contributed by atoms with van der Waals surface area (Å²) in [6.07, 6.45) is 2.66. The molecule has 3 N–H and O–H groups in total. The number of benzene rings is 1. The Labute approximate surface area is 162 Å². The summed E-state index contributed by atoms with van der Waals surface area (Å²) in [5.41, 5.74) is 5.64. The first-order valence-electron chi connectivity index (χ1n) is 8.33. The van der Waals surface area contributed by atoms with Crippen LogP contribution in [0.1, 0.15) is 38.7 Å².